The minimum Gasteiger partial charge on any atom is -0.489 e. The van der Waals surface area contributed by atoms with Crippen molar-refractivity contribution in [3.8, 4) is 5.75 Å². The molecule has 6 nitrogen and oxygen atoms in total. The Morgan fingerprint density at radius 1 is 0.750 bits per heavy atom. The summed E-state index contributed by atoms with van der Waals surface area (Å²) in [5.41, 5.74) is 2.30. The number of amides is 2. The first-order valence-electron chi connectivity index (χ1n) is 12.0. The molecular weight excluding hydrogens is 497 g/mol. The zero-order valence-corrected chi connectivity index (χ0v) is 21.3. The summed E-state index contributed by atoms with van der Waals surface area (Å²) >= 11 is 12.0. The highest BCUT2D eigenvalue weighted by Gasteiger charge is 2.37. The number of ether oxygens (including phenoxy) is 1. The van der Waals surface area contributed by atoms with Gasteiger partial charge in [-0.05, 0) is 54.1 Å². The molecule has 0 aliphatic carbocycles. The van der Waals surface area contributed by atoms with Gasteiger partial charge in [0.05, 0.1) is 10.0 Å². The lowest BCUT2D eigenvalue weighted by atomic mass is 10.0. The van der Waals surface area contributed by atoms with Crippen LogP contribution in [0, 0.1) is 0 Å². The van der Waals surface area contributed by atoms with E-state index < -0.39 is 0 Å². The average molecular weight is 524 g/mol. The highest BCUT2D eigenvalue weighted by Crippen LogP contribution is 2.24. The van der Waals surface area contributed by atoms with Crippen LogP contribution in [0.4, 0.5) is 0 Å². The summed E-state index contributed by atoms with van der Waals surface area (Å²) in [6, 6.07) is 22.4. The summed E-state index contributed by atoms with van der Waals surface area (Å²) in [5.74, 6) is 0.798. The fourth-order valence-corrected chi connectivity index (χ4v) is 4.90. The predicted octanol–water partition coefficient (Wildman–Crippen LogP) is 4.85. The van der Waals surface area contributed by atoms with Gasteiger partial charge in [0.1, 0.15) is 12.4 Å². The number of piperazine rings is 1. The zero-order chi connectivity index (χ0) is 25.1. The summed E-state index contributed by atoms with van der Waals surface area (Å²) < 4.78 is 5.81. The second-order valence-electron chi connectivity index (χ2n) is 9.12. The van der Waals surface area contributed by atoms with Crippen LogP contribution in [-0.4, -0.2) is 71.8 Å². The maximum absolute atomic E-state index is 12.9. The molecule has 0 radical (unpaired) electrons. The standard InChI is InChI=1S/C28H27Cl2N3O3/c29-25-11-6-20(16-26(25)30)19-36-24-9-7-22(8-10-24)28(35)33-17-23(18-33)31-12-14-32(15-13-31)27(34)21-4-2-1-3-5-21/h1-11,16,23H,12-15,17-19H2. The topological polar surface area (TPSA) is 53.1 Å². The molecule has 0 bridgehead atoms. The van der Waals surface area contributed by atoms with Crippen LogP contribution in [0.25, 0.3) is 0 Å². The smallest absolute Gasteiger partial charge is 0.253 e. The number of hydrogen-bond donors (Lipinski definition) is 0. The van der Waals surface area contributed by atoms with E-state index >= 15 is 0 Å². The summed E-state index contributed by atoms with van der Waals surface area (Å²) in [6.45, 7) is 4.86. The molecule has 186 valence electrons. The Bertz CT molecular complexity index is 1220. The lowest BCUT2D eigenvalue weighted by molar-refractivity contribution is 0.00853. The lowest BCUT2D eigenvalue weighted by Crippen LogP contribution is -2.64. The maximum Gasteiger partial charge on any atom is 0.253 e. The number of likely N-dealkylation sites (tertiary alicyclic amines) is 1. The van der Waals surface area contributed by atoms with Gasteiger partial charge < -0.3 is 14.5 Å². The Balaban J connectivity index is 1.07. The Labute approximate surface area is 221 Å². The van der Waals surface area contributed by atoms with Crippen LogP contribution in [0.2, 0.25) is 10.0 Å². The summed E-state index contributed by atoms with van der Waals surface area (Å²) in [4.78, 5) is 31.7. The van der Waals surface area contributed by atoms with Gasteiger partial charge in [-0.15, -0.1) is 0 Å². The molecule has 2 aliphatic rings. The highest BCUT2D eigenvalue weighted by molar-refractivity contribution is 6.42. The molecule has 36 heavy (non-hydrogen) atoms. The second kappa shape index (κ2) is 10.9. The number of carbonyl (C=O) groups is 2. The van der Waals surface area contributed by atoms with Crippen LogP contribution in [0.5, 0.6) is 5.75 Å². The van der Waals surface area contributed by atoms with Crippen molar-refractivity contribution >= 4 is 35.0 Å². The fourth-order valence-electron chi connectivity index (χ4n) is 4.58. The zero-order valence-electron chi connectivity index (χ0n) is 19.8. The van der Waals surface area contributed by atoms with Crippen molar-refractivity contribution in [2.45, 2.75) is 12.6 Å². The average Bonchev–Trinajstić information content (AvgIpc) is 2.89. The first kappa shape index (κ1) is 24.6. The molecule has 0 spiro atoms. The van der Waals surface area contributed by atoms with E-state index in [1.165, 1.54) is 0 Å². The molecule has 3 aromatic carbocycles. The normalized spacial score (nSPS) is 16.5. The van der Waals surface area contributed by atoms with Gasteiger partial charge in [-0.2, -0.15) is 0 Å². The molecule has 2 heterocycles. The molecule has 0 atom stereocenters. The number of nitrogens with zero attached hydrogens (tertiary/aromatic N) is 3. The quantitative estimate of drug-likeness (QED) is 0.463. The van der Waals surface area contributed by atoms with Crippen LogP contribution >= 0.6 is 23.2 Å². The van der Waals surface area contributed by atoms with Crippen LogP contribution in [0.1, 0.15) is 26.3 Å². The summed E-state index contributed by atoms with van der Waals surface area (Å²) in [5, 5.41) is 1.01. The van der Waals surface area contributed by atoms with Gasteiger partial charge in [-0.25, -0.2) is 0 Å². The van der Waals surface area contributed by atoms with Gasteiger partial charge in [-0.3, -0.25) is 14.5 Å². The van der Waals surface area contributed by atoms with Crippen LogP contribution in [-0.2, 0) is 6.61 Å². The molecule has 0 saturated carbocycles. The number of rotatable bonds is 6. The predicted molar refractivity (Wildman–Crippen MR) is 141 cm³/mol. The molecule has 5 rings (SSSR count). The Hall–Kier alpha value is -3.06. The number of benzene rings is 3. The Kier molecular flexibility index (Phi) is 7.46. The van der Waals surface area contributed by atoms with Crippen molar-refractivity contribution in [2.75, 3.05) is 39.3 Å². The Morgan fingerprint density at radius 2 is 1.39 bits per heavy atom. The molecule has 2 aliphatic heterocycles. The van der Waals surface area contributed by atoms with Gasteiger partial charge in [0, 0.05) is 56.4 Å². The summed E-state index contributed by atoms with van der Waals surface area (Å²) in [6.07, 6.45) is 0. The van der Waals surface area contributed by atoms with Crippen molar-refractivity contribution in [1.82, 2.24) is 14.7 Å². The van der Waals surface area contributed by atoms with Gasteiger partial charge in [-0.1, -0.05) is 47.5 Å². The van der Waals surface area contributed by atoms with Gasteiger partial charge in [0.15, 0.2) is 0 Å². The minimum atomic E-state index is 0.0279. The monoisotopic (exact) mass is 523 g/mol. The molecule has 0 N–H and O–H groups in total. The van der Waals surface area contributed by atoms with E-state index in [0.717, 1.165) is 24.2 Å². The largest absolute Gasteiger partial charge is 0.489 e. The third kappa shape index (κ3) is 5.51. The molecule has 2 amide bonds. The number of halogens is 2. The molecule has 3 aromatic rings. The second-order valence-corrected chi connectivity index (χ2v) is 9.93. The van der Waals surface area contributed by atoms with Crippen molar-refractivity contribution < 1.29 is 14.3 Å². The molecular formula is C28H27Cl2N3O3. The van der Waals surface area contributed by atoms with E-state index in [1.54, 1.807) is 24.3 Å². The first-order valence-corrected chi connectivity index (χ1v) is 12.8. The molecule has 2 fully saturated rings. The van der Waals surface area contributed by atoms with Crippen LogP contribution in [0.3, 0.4) is 0 Å². The molecule has 0 unspecified atom stereocenters. The Morgan fingerprint density at radius 3 is 2.06 bits per heavy atom. The minimum absolute atomic E-state index is 0.0279. The van der Waals surface area contributed by atoms with Crippen molar-refractivity contribution in [1.29, 1.82) is 0 Å². The molecule has 2 saturated heterocycles. The first-order chi connectivity index (χ1) is 17.5. The lowest BCUT2D eigenvalue weighted by Gasteiger charge is -2.48. The third-order valence-corrected chi connectivity index (χ3v) is 7.52. The third-order valence-electron chi connectivity index (χ3n) is 6.78. The van der Waals surface area contributed by atoms with Gasteiger partial charge in [0.2, 0.25) is 0 Å². The number of carbonyl (C=O) groups excluding carboxylic acids is 2. The van der Waals surface area contributed by atoms with Crippen molar-refractivity contribution in [3.05, 3.63) is 99.5 Å². The van der Waals surface area contributed by atoms with E-state index in [1.807, 2.05) is 58.3 Å². The number of hydrogen-bond acceptors (Lipinski definition) is 4. The van der Waals surface area contributed by atoms with E-state index in [-0.39, 0.29) is 11.8 Å². The molecule has 8 heteroatoms. The van der Waals surface area contributed by atoms with Crippen molar-refractivity contribution in [2.24, 2.45) is 0 Å². The van der Waals surface area contributed by atoms with Crippen molar-refractivity contribution in [3.63, 3.8) is 0 Å². The van der Waals surface area contributed by atoms with Gasteiger partial charge in [0.25, 0.3) is 11.8 Å². The highest BCUT2D eigenvalue weighted by atomic mass is 35.5. The van der Waals surface area contributed by atoms with E-state index in [9.17, 15) is 9.59 Å². The van der Waals surface area contributed by atoms with E-state index in [4.69, 9.17) is 27.9 Å². The summed E-state index contributed by atoms with van der Waals surface area (Å²) in [7, 11) is 0. The van der Waals surface area contributed by atoms with E-state index in [2.05, 4.69) is 4.90 Å². The van der Waals surface area contributed by atoms with E-state index in [0.29, 0.717) is 60.2 Å². The SMILES string of the molecule is O=C(c1ccccc1)N1CCN(C2CN(C(=O)c3ccc(OCc4ccc(Cl)c(Cl)c4)cc3)C2)CC1. The van der Waals surface area contributed by atoms with Crippen LogP contribution < -0.4 is 4.74 Å². The van der Waals surface area contributed by atoms with Gasteiger partial charge >= 0.3 is 0 Å². The fraction of sp³-hybridized carbons (Fsp3) is 0.286. The maximum atomic E-state index is 12.9. The molecule has 0 aromatic heterocycles. The van der Waals surface area contributed by atoms with Crippen LogP contribution in [0.15, 0.2) is 72.8 Å².